The zero-order valence-electron chi connectivity index (χ0n) is 8.64. The quantitative estimate of drug-likeness (QED) is 0.658. The van der Waals surface area contributed by atoms with E-state index >= 15 is 0 Å². The third-order valence-electron chi connectivity index (χ3n) is 2.74. The van der Waals surface area contributed by atoms with Crippen LogP contribution in [0.1, 0.15) is 17.5 Å². The second kappa shape index (κ2) is 3.49. The van der Waals surface area contributed by atoms with Crippen molar-refractivity contribution in [2.24, 2.45) is 0 Å². The molecule has 0 amide bonds. The molecule has 0 aliphatic heterocycles. The molecule has 2 heteroatoms. The van der Waals surface area contributed by atoms with Crippen LogP contribution in [0.2, 0.25) is 0 Å². The summed E-state index contributed by atoms with van der Waals surface area (Å²) in [7, 11) is 0. The van der Waals surface area contributed by atoms with Gasteiger partial charge in [-0.3, -0.25) is 4.79 Å². The number of rotatable bonds is 0. The van der Waals surface area contributed by atoms with E-state index < -0.39 is 0 Å². The van der Waals surface area contributed by atoms with Gasteiger partial charge in [0.1, 0.15) is 0 Å². The lowest BCUT2D eigenvalue weighted by atomic mass is 10.0. The van der Waals surface area contributed by atoms with Crippen molar-refractivity contribution < 1.29 is 9.21 Å². The number of carbonyl (C=O) groups is 1. The fourth-order valence-corrected chi connectivity index (χ4v) is 1.94. The predicted molar refractivity (Wildman–Crippen MR) is 62.6 cm³/mol. The van der Waals surface area contributed by atoms with Gasteiger partial charge >= 0.3 is 0 Å². The van der Waals surface area contributed by atoms with E-state index in [4.69, 9.17) is 4.42 Å². The maximum absolute atomic E-state index is 11.3. The molecule has 0 aromatic carbocycles. The summed E-state index contributed by atoms with van der Waals surface area (Å²) in [6.07, 6.45) is 15.4. The SMILES string of the molecule is O=C1C=CC2=Cc3cocc3C=C(C=C1)C2. The van der Waals surface area contributed by atoms with Crippen molar-refractivity contribution in [3.05, 3.63) is 59.1 Å². The number of fused-ring (bicyclic) bond motifs is 3. The third kappa shape index (κ3) is 1.58. The average molecular weight is 210 g/mol. The molecular weight excluding hydrogens is 200 g/mol. The van der Waals surface area contributed by atoms with Crippen LogP contribution in [-0.4, -0.2) is 5.78 Å². The van der Waals surface area contributed by atoms with E-state index in [1.54, 1.807) is 24.7 Å². The first-order valence-corrected chi connectivity index (χ1v) is 5.19. The topological polar surface area (TPSA) is 30.2 Å². The minimum absolute atomic E-state index is 0.0303. The minimum Gasteiger partial charge on any atom is -0.471 e. The number of allylic oxidation sites excluding steroid dienone is 6. The van der Waals surface area contributed by atoms with E-state index in [0.717, 1.165) is 28.7 Å². The molecule has 2 aliphatic rings. The lowest BCUT2D eigenvalue weighted by Gasteiger charge is -2.03. The number of hydrogen-bond donors (Lipinski definition) is 0. The third-order valence-corrected chi connectivity index (χ3v) is 2.74. The van der Waals surface area contributed by atoms with Gasteiger partial charge in [-0.2, -0.15) is 0 Å². The summed E-state index contributed by atoms with van der Waals surface area (Å²) in [5.74, 6) is 0.0303. The molecule has 0 N–H and O–H groups in total. The summed E-state index contributed by atoms with van der Waals surface area (Å²) in [5.41, 5.74) is 4.39. The fraction of sp³-hybridized carbons (Fsp3) is 0.0714. The van der Waals surface area contributed by atoms with Gasteiger partial charge in [0.25, 0.3) is 0 Å². The first-order chi connectivity index (χ1) is 7.81. The van der Waals surface area contributed by atoms with Gasteiger partial charge in [-0.05, 0) is 41.9 Å². The summed E-state index contributed by atoms with van der Waals surface area (Å²) >= 11 is 0. The highest BCUT2D eigenvalue weighted by molar-refractivity contribution is 6.00. The molecule has 0 saturated carbocycles. The Morgan fingerprint density at radius 3 is 2.00 bits per heavy atom. The molecule has 78 valence electrons. The largest absolute Gasteiger partial charge is 0.471 e. The molecule has 1 aromatic rings. The molecule has 0 atom stereocenters. The molecule has 0 saturated heterocycles. The number of furan rings is 1. The molecule has 0 unspecified atom stereocenters. The van der Waals surface area contributed by atoms with Crippen LogP contribution in [-0.2, 0) is 4.79 Å². The lowest BCUT2D eigenvalue weighted by molar-refractivity contribution is -0.110. The van der Waals surface area contributed by atoms with Gasteiger partial charge in [0.2, 0.25) is 0 Å². The van der Waals surface area contributed by atoms with Crippen LogP contribution in [0.4, 0.5) is 0 Å². The highest BCUT2D eigenvalue weighted by Crippen LogP contribution is 2.28. The van der Waals surface area contributed by atoms with E-state index in [0.29, 0.717) is 0 Å². The maximum Gasteiger partial charge on any atom is 0.178 e. The maximum atomic E-state index is 11.3. The van der Waals surface area contributed by atoms with Gasteiger partial charge in [-0.15, -0.1) is 0 Å². The molecule has 16 heavy (non-hydrogen) atoms. The zero-order valence-corrected chi connectivity index (χ0v) is 8.64. The molecule has 1 heterocycles. The van der Waals surface area contributed by atoms with Crippen LogP contribution in [0.3, 0.4) is 0 Å². The van der Waals surface area contributed by atoms with E-state index in [9.17, 15) is 4.79 Å². The number of ketones is 1. The normalized spacial score (nSPS) is 18.1. The zero-order chi connectivity index (χ0) is 11.0. The Kier molecular flexibility index (Phi) is 2.00. The number of carbonyl (C=O) groups excluding carboxylic acids is 1. The minimum atomic E-state index is 0.0303. The van der Waals surface area contributed by atoms with Gasteiger partial charge in [-0.1, -0.05) is 12.2 Å². The predicted octanol–water partition coefficient (Wildman–Crippen LogP) is 3.15. The molecule has 2 aliphatic carbocycles. The van der Waals surface area contributed by atoms with Gasteiger partial charge in [0.15, 0.2) is 5.78 Å². The Morgan fingerprint density at radius 1 is 0.875 bits per heavy atom. The molecular formula is C14H10O2. The Hall–Kier alpha value is -2.09. The van der Waals surface area contributed by atoms with Crippen LogP contribution in [0, 0.1) is 0 Å². The second-order valence-corrected chi connectivity index (χ2v) is 3.97. The number of hydrogen-bond acceptors (Lipinski definition) is 2. The van der Waals surface area contributed by atoms with Gasteiger partial charge in [0, 0.05) is 11.1 Å². The Labute approximate surface area is 93.3 Å². The standard InChI is InChI=1S/C14H10O2/c15-14-3-1-10-5-11(2-4-14)7-13-9-16-8-12(13)6-10/h1-4,6-9H,5H2. The summed E-state index contributed by atoms with van der Waals surface area (Å²) in [4.78, 5) is 11.3. The van der Waals surface area contributed by atoms with Crippen molar-refractivity contribution in [3.63, 3.8) is 0 Å². The molecule has 0 fully saturated rings. The van der Waals surface area contributed by atoms with Crippen LogP contribution in [0.5, 0.6) is 0 Å². The van der Waals surface area contributed by atoms with Crippen LogP contribution >= 0.6 is 0 Å². The van der Waals surface area contributed by atoms with E-state index in [2.05, 4.69) is 12.2 Å². The molecule has 0 radical (unpaired) electrons. The molecule has 1 aromatic heterocycles. The van der Waals surface area contributed by atoms with Crippen molar-refractivity contribution >= 4 is 17.9 Å². The van der Waals surface area contributed by atoms with Gasteiger partial charge in [0.05, 0.1) is 12.5 Å². The van der Waals surface area contributed by atoms with Crippen molar-refractivity contribution in [2.75, 3.05) is 0 Å². The lowest BCUT2D eigenvalue weighted by Crippen LogP contribution is -1.91. The van der Waals surface area contributed by atoms with Crippen molar-refractivity contribution in [1.29, 1.82) is 0 Å². The Balaban J connectivity index is 2.20. The van der Waals surface area contributed by atoms with E-state index in [1.165, 1.54) is 0 Å². The molecule has 2 nitrogen and oxygen atoms in total. The monoisotopic (exact) mass is 210 g/mol. The highest BCUT2D eigenvalue weighted by atomic mass is 16.3. The first kappa shape index (κ1) is 9.16. The smallest absolute Gasteiger partial charge is 0.178 e. The second-order valence-electron chi connectivity index (χ2n) is 3.97. The molecule has 3 rings (SSSR count). The van der Waals surface area contributed by atoms with E-state index in [-0.39, 0.29) is 5.78 Å². The first-order valence-electron chi connectivity index (χ1n) is 5.19. The van der Waals surface area contributed by atoms with Gasteiger partial charge < -0.3 is 4.42 Å². The molecule has 2 bridgehead atoms. The highest BCUT2D eigenvalue weighted by Gasteiger charge is 2.10. The fourth-order valence-electron chi connectivity index (χ4n) is 1.94. The van der Waals surface area contributed by atoms with Crippen LogP contribution in [0.15, 0.2) is 52.4 Å². The van der Waals surface area contributed by atoms with Gasteiger partial charge in [-0.25, -0.2) is 0 Å². The van der Waals surface area contributed by atoms with Crippen molar-refractivity contribution in [2.45, 2.75) is 6.42 Å². The average Bonchev–Trinajstić information content (AvgIpc) is 2.60. The van der Waals surface area contributed by atoms with Crippen LogP contribution in [0.25, 0.3) is 12.2 Å². The van der Waals surface area contributed by atoms with E-state index in [1.807, 2.05) is 12.2 Å². The Bertz CT molecular complexity index is 519. The molecule has 0 spiro atoms. The summed E-state index contributed by atoms with van der Waals surface area (Å²) in [6, 6.07) is 0. The summed E-state index contributed by atoms with van der Waals surface area (Å²) in [5, 5.41) is 0. The van der Waals surface area contributed by atoms with Crippen molar-refractivity contribution in [3.8, 4) is 0 Å². The summed E-state index contributed by atoms with van der Waals surface area (Å²) in [6.45, 7) is 0. The Morgan fingerprint density at radius 2 is 1.44 bits per heavy atom. The summed E-state index contributed by atoms with van der Waals surface area (Å²) < 4.78 is 5.18. The van der Waals surface area contributed by atoms with Crippen molar-refractivity contribution in [1.82, 2.24) is 0 Å². The van der Waals surface area contributed by atoms with Crippen LogP contribution < -0.4 is 0 Å².